The van der Waals surface area contributed by atoms with Crippen molar-refractivity contribution in [2.75, 3.05) is 26.2 Å². The van der Waals surface area contributed by atoms with Gasteiger partial charge in [0.1, 0.15) is 12.4 Å². The van der Waals surface area contributed by atoms with Gasteiger partial charge in [0.25, 0.3) is 0 Å². The quantitative estimate of drug-likeness (QED) is 0.239. The monoisotopic (exact) mass is 519 g/mol. The van der Waals surface area contributed by atoms with Gasteiger partial charge < -0.3 is 4.74 Å². The van der Waals surface area contributed by atoms with Gasteiger partial charge in [0.15, 0.2) is 5.78 Å². The number of ether oxygens (including phenoxy) is 1. The zero-order valence-electron chi connectivity index (χ0n) is 18.6. The smallest absolute Gasteiger partial charge is 0.195 e. The molecule has 1 fully saturated rings. The Kier molecular flexibility index (Phi) is 6.63. The number of ketones is 1. The number of carbonyl (C=O) groups is 1. The number of aryl methyl sites for hydroxylation is 1. The van der Waals surface area contributed by atoms with Crippen LogP contribution in [-0.4, -0.2) is 36.9 Å². The van der Waals surface area contributed by atoms with E-state index < -0.39 is 0 Å². The molecule has 0 bridgehead atoms. The van der Waals surface area contributed by atoms with Crippen molar-refractivity contribution in [1.29, 1.82) is 0 Å². The highest BCUT2D eigenvalue weighted by Crippen LogP contribution is 2.40. The third-order valence-electron chi connectivity index (χ3n) is 6.23. The number of hydrogen-bond donors (Lipinski definition) is 0. The molecule has 0 radical (unpaired) electrons. The topological polar surface area (TPSA) is 29.5 Å². The van der Waals surface area contributed by atoms with Crippen LogP contribution in [-0.2, 0) is 0 Å². The standard InChI is InChI=1S/C28H26BrNO2S/c1-19-18-21(10-13-24(19)29)27(31)26-23-6-2-3-7-25(23)33-28(26)20-8-11-22(12-9-20)32-17-16-30-14-4-5-15-30/h2-3,6-13,18H,4-5,14-17H2,1H3. The lowest BCUT2D eigenvalue weighted by Crippen LogP contribution is -2.25. The lowest BCUT2D eigenvalue weighted by molar-refractivity contribution is 0.104. The molecule has 1 saturated heterocycles. The first-order valence-electron chi connectivity index (χ1n) is 11.4. The van der Waals surface area contributed by atoms with E-state index in [1.54, 1.807) is 11.3 Å². The van der Waals surface area contributed by atoms with Gasteiger partial charge in [0.2, 0.25) is 0 Å². The van der Waals surface area contributed by atoms with Crippen molar-refractivity contribution in [1.82, 2.24) is 4.90 Å². The number of thiophene rings is 1. The van der Waals surface area contributed by atoms with Crippen LogP contribution in [0.5, 0.6) is 5.75 Å². The van der Waals surface area contributed by atoms with E-state index in [9.17, 15) is 4.79 Å². The number of fused-ring (bicyclic) bond motifs is 1. The van der Waals surface area contributed by atoms with E-state index in [1.165, 1.54) is 25.9 Å². The summed E-state index contributed by atoms with van der Waals surface area (Å²) in [5, 5.41) is 1.01. The zero-order valence-corrected chi connectivity index (χ0v) is 21.0. The van der Waals surface area contributed by atoms with Crippen LogP contribution >= 0.6 is 27.3 Å². The molecule has 4 aromatic rings. The minimum absolute atomic E-state index is 0.0592. The largest absolute Gasteiger partial charge is 0.492 e. The maximum Gasteiger partial charge on any atom is 0.195 e. The van der Waals surface area contributed by atoms with Gasteiger partial charge in [-0.3, -0.25) is 9.69 Å². The molecule has 0 aliphatic carbocycles. The zero-order chi connectivity index (χ0) is 22.8. The van der Waals surface area contributed by atoms with E-state index in [0.717, 1.165) is 48.4 Å². The molecule has 3 nitrogen and oxygen atoms in total. The third kappa shape index (κ3) is 4.77. The molecule has 0 unspecified atom stereocenters. The van der Waals surface area contributed by atoms with Gasteiger partial charge >= 0.3 is 0 Å². The van der Waals surface area contributed by atoms with Crippen LogP contribution in [0.15, 0.2) is 71.2 Å². The first-order chi connectivity index (χ1) is 16.1. The molecule has 3 aromatic carbocycles. The Morgan fingerprint density at radius 1 is 1.03 bits per heavy atom. The molecule has 168 valence electrons. The average Bonchev–Trinajstić information content (AvgIpc) is 3.49. The number of carbonyl (C=O) groups excluding carboxylic acids is 1. The summed E-state index contributed by atoms with van der Waals surface area (Å²) in [6.07, 6.45) is 2.59. The second-order valence-corrected chi connectivity index (χ2v) is 10.4. The Balaban J connectivity index is 1.44. The van der Waals surface area contributed by atoms with E-state index >= 15 is 0 Å². The highest BCUT2D eigenvalue weighted by atomic mass is 79.9. The second kappa shape index (κ2) is 9.80. The Labute approximate surface area is 207 Å². The van der Waals surface area contributed by atoms with Crippen LogP contribution in [0, 0.1) is 6.92 Å². The first-order valence-corrected chi connectivity index (χ1v) is 13.0. The van der Waals surface area contributed by atoms with E-state index in [1.807, 2.05) is 55.5 Å². The van der Waals surface area contributed by atoms with Crippen molar-refractivity contribution >= 4 is 43.1 Å². The number of benzene rings is 3. The lowest BCUT2D eigenvalue weighted by atomic mass is 9.97. The van der Waals surface area contributed by atoms with E-state index in [2.05, 4.69) is 39.0 Å². The highest BCUT2D eigenvalue weighted by molar-refractivity contribution is 9.10. The van der Waals surface area contributed by atoms with Crippen LogP contribution in [0.1, 0.15) is 34.3 Å². The fraction of sp³-hybridized carbons (Fsp3) is 0.250. The predicted molar refractivity (Wildman–Crippen MR) is 141 cm³/mol. The maximum atomic E-state index is 13.7. The number of halogens is 1. The summed E-state index contributed by atoms with van der Waals surface area (Å²) in [5.74, 6) is 0.930. The molecule has 1 aromatic heterocycles. The Morgan fingerprint density at radius 3 is 2.55 bits per heavy atom. The fourth-order valence-electron chi connectivity index (χ4n) is 4.41. The summed E-state index contributed by atoms with van der Waals surface area (Å²) in [6, 6.07) is 22.1. The number of nitrogens with zero attached hydrogens (tertiary/aromatic N) is 1. The molecule has 5 rings (SSSR count). The SMILES string of the molecule is Cc1cc(C(=O)c2c(-c3ccc(OCCN4CCCC4)cc3)sc3ccccc23)ccc1Br. The van der Waals surface area contributed by atoms with E-state index in [4.69, 9.17) is 4.74 Å². The van der Waals surface area contributed by atoms with Crippen LogP contribution in [0.2, 0.25) is 0 Å². The van der Waals surface area contributed by atoms with Crippen LogP contribution in [0.3, 0.4) is 0 Å². The Bertz CT molecular complexity index is 1290. The van der Waals surface area contributed by atoms with Gasteiger partial charge in [-0.2, -0.15) is 0 Å². The van der Waals surface area contributed by atoms with Gasteiger partial charge in [0, 0.05) is 37.1 Å². The van der Waals surface area contributed by atoms with Crippen LogP contribution in [0.4, 0.5) is 0 Å². The number of likely N-dealkylation sites (tertiary alicyclic amines) is 1. The van der Waals surface area contributed by atoms with E-state index in [-0.39, 0.29) is 5.78 Å². The summed E-state index contributed by atoms with van der Waals surface area (Å²) >= 11 is 5.21. The number of rotatable bonds is 7. The van der Waals surface area contributed by atoms with Gasteiger partial charge in [-0.1, -0.05) is 34.1 Å². The van der Waals surface area contributed by atoms with Crippen LogP contribution < -0.4 is 4.74 Å². The van der Waals surface area contributed by atoms with Gasteiger partial charge in [-0.25, -0.2) is 0 Å². The average molecular weight is 520 g/mol. The molecule has 0 saturated carbocycles. The molecule has 1 aliphatic rings. The molecule has 2 heterocycles. The molecule has 1 aliphatic heterocycles. The molecule has 0 spiro atoms. The molecular weight excluding hydrogens is 494 g/mol. The van der Waals surface area contributed by atoms with Crippen molar-refractivity contribution in [3.63, 3.8) is 0 Å². The van der Waals surface area contributed by atoms with Gasteiger partial charge in [-0.15, -0.1) is 11.3 Å². The van der Waals surface area contributed by atoms with Crippen molar-refractivity contribution in [3.8, 4) is 16.2 Å². The lowest BCUT2D eigenvalue weighted by Gasteiger charge is -2.15. The van der Waals surface area contributed by atoms with Crippen molar-refractivity contribution in [2.24, 2.45) is 0 Å². The predicted octanol–water partition coefficient (Wildman–Crippen LogP) is 7.34. The molecular formula is C28H26BrNO2S. The van der Waals surface area contributed by atoms with E-state index in [0.29, 0.717) is 12.2 Å². The normalized spacial score (nSPS) is 14.1. The summed E-state index contributed by atoms with van der Waals surface area (Å²) in [6.45, 7) is 6.06. The Hall–Kier alpha value is -2.47. The molecule has 0 amide bonds. The molecule has 5 heteroatoms. The van der Waals surface area contributed by atoms with Crippen LogP contribution in [0.25, 0.3) is 20.5 Å². The minimum atomic E-state index is 0.0592. The second-order valence-electron chi connectivity index (χ2n) is 8.52. The summed E-state index contributed by atoms with van der Waals surface area (Å²) in [4.78, 5) is 17.1. The highest BCUT2D eigenvalue weighted by Gasteiger charge is 2.22. The Morgan fingerprint density at radius 2 is 1.79 bits per heavy atom. The van der Waals surface area contributed by atoms with Gasteiger partial charge in [0.05, 0.1) is 0 Å². The summed E-state index contributed by atoms with van der Waals surface area (Å²) < 4.78 is 8.11. The molecule has 0 atom stereocenters. The van der Waals surface area contributed by atoms with Gasteiger partial charge in [-0.05, 0) is 92.5 Å². The third-order valence-corrected chi connectivity index (χ3v) is 8.34. The fourth-order valence-corrected chi connectivity index (χ4v) is 5.86. The minimum Gasteiger partial charge on any atom is -0.492 e. The molecule has 0 N–H and O–H groups in total. The molecule has 33 heavy (non-hydrogen) atoms. The maximum absolute atomic E-state index is 13.7. The van der Waals surface area contributed by atoms with Crippen molar-refractivity contribution < 1.29 is 9.53 Å². The number of hydrogen-bond acceptors (Lipinski definition) is 4. The summed E-state index contributed by atoms with van der Waals surface area (Å²) in [7, 11) is 0. The van der Waals surface area contributed by atoms with Crippen molar-refractivity contribution in [3.05, 3.63) is 87.9 Å². The summed E-state index contributed by atoms with van der Waals surface area (Å²) in [5.41, 5.74) is 3.58. The van der Waals surface area contributed by atoms with Crippen molar-refractivity contribution in [2.45, 2.75) is 19.8 Å². The first kappa shape index (κ1) is 22.3.